The highest BCUT2D eigenvalue weighted by Crippen LogP contribution is 2.29. The number of ether oxygens (including phenoxy) is 1. The zero-order valence-electron chi connectivity index (χ0n) is 21.5. The number of benzene rings is 1. The van der Waals surface area contributed by atoms with E-state index < -0.39 is 21.8 Å². The molecule has 1 aromatic carbocycles. The summed E-state index contributed by atoms with van der Waals surface area (Å²) in [4.78, 5) is 31.3. The molecule has 0 bridgehead atoms. The number of carboxylic acid groups (broad SMARTS) is 2. The number of anilines is 2. The minimum atomic E-state index is -3.18. The Morgan fingerprint density at radius 2 is 1.89 bits per heavy atom. The third-order valence-electron chi connectivity index (χ3n) is 5.84. The molecule has 0 aliphatic heterocycles. The molecule has 11 nitrogen and oxygen atoms in total. The maximum atomic E-state index is 11.8. The summed E-state index contributed by atoms with van der Waals surface area (Å²) in [5, 5.41) is 21.8. The molecule has 0 radical (unpaired) electrons. The van der Waals surface area contributed by atoms with Crippen LogP contribution in [0.4, 0.5) is 11.8 Å². The van der Waals surface area contributed by atoms with Crippen LogP contribution in [0.25, 0.3) is 0 Å². The standard InChI is InChI=1S/C25H36N4O7S/c1-4-5-6-18(11-12-37(3,34)35)27-24-19(20(8-10-22(30)31)28-25(26)29-24)15-17-13-16(14-23(32)33)7-9-21(17)36-2/h7,9,13,18H,4-6,8,10-12,14-15H2,1-3H3,(H,30,31)(H,32,33)(H3,26,27,28,29)/t18-/m0/s1. The van der Waals surface area contributed by atoms with Gasteiger partial charge in [0.05, 0.1) is 31.4 Å². The molecule has 0 saturated heterocycles. The third-order valence-corrected chi connectivity index (χ3v) is 6.81. The van der Waals surface area contributed by atoms with E-state index >= 15 is 0 Å². The number of methoxy groups -OCH3 is 1. The first-order chi connectivity index (χ1) is 17.4. The number of aromatic nitrogens is 2. The van der Waals surface area contributed by atoms with Gasteiger partial charge in [0.1, 0.15) is 21.4 Å². The number of nitrogens with one attached hydrogen (secondary N) is 1. The summed E-state index contributed by atoms with van der Waals surface area (Å²) in [5.74, 6) is -1.07. The molecule has 0 aliphatic carbocycles. The predicted molar refractivity (Wildman–Crippen MR) is 141 cm³/mol. The summed E-state index contributed by atoms with van der Waals surface area (Å²) in [6, 6.07) is 4.88. The van der Waals surface area contributed by atoms with Gasteiger partial charge in [0.15, 0.2) is 0 Å². The lowest BCUT2D eigenvalue weighted by Gasteiger charge is -2.23. The number of nitrogens with two attached hydrogens (primary N) is 1. The van der Waals surface area contributed by atoms with Crippen LogP contribution in [0.1, 0.15) is 61.4 Å². The first-order valence-corrected chi connectivity index (χ1v) is 14.2. The van der Waals surface area contributed by atoms with Crippen LogP contribution in [-0.4, -0.2) is 65.7 Å². The lowest BCUT2D eigenvalue weighted by molar-refractivity contribution is -0.137. The molecule has 2 aromatic rings. The van der Waals surface area contributed by atoms with Crippen molar-refractivity contribution in [2.45, 2.75) is 64.3 Å². The first-order valence-electron chi connectivity index (χ1n) is 12.1. The van der Waals surface area contributed by atoms with Crippen molar-refractivity contribution < 1.29 is 33.0 Å². The van der Waals surface area contributed by atoms with E-state index in [1.807, 2.05) is 6.92 Å². The Morgan fingerprint density at radius 1 is 1.16 bits per heavy atom. The Morgan fingerprint density at radius 3 is 2.49 bits per heavy atom. The van der Waals surface area contributed by atoms with Crippen molar-refractivity contribution in [2.75, 3.05) is 30.2 Å². The highest BCUT2D eigenvalue weighted by Gasteiger charge is 2.21. The van der Waals surface area contributed by atoms with Gasteiger partial charge in [-0.05, 0) is 30.0 Å². The van der Waals surface area contributed by atoms with E-state index in [0.29, 0.717) is 46.8 Å². The average molecular weight is 537 g/mol. The second kappa shape index (κ2) is 13.8. The summed E-state index contributed by atoms with van der Waals surface area (Å²) in [6.45, 7) is 2.04. The molecule has 0 spiro atoms. The fraction of sp³-hybridized carbons (Fsp3) is 0.520. The van der Waals surface area contributed by atoms with Crippen molar-refractivity contribution in [3.05, 3.63) is 40.6 Å². The van der Waals surface area contributed by atoms with Gasteiger partial charge in [0, 0.05) is 30.7 Å². The summed E-state index contributed by atoms with van der Waals surface area (Å²) in [5.41, 5.74) is 8.29. The summed E-state index contributed by atoms with van der Waals surface area (Å²) < 4.78 is 29.1. The smallest absolute Gasteiger partial charge is 0.307 e. The number of aliphatic carboxylic acids is 2. The highest BCUT2D eigenvalue weighted by molar-refractivity contribution is 7.90. The molecule has 0 fully saturated rings. The second-order valence-electron chi connectivity index (χ2n) is 9.04. The Hall–Kier alpha value is -3.41. The van der Waals surface area contributed by atoms with E-state index in [1.165, 1.54) is 13.4 Å². The molecular formula is C25H36N4O7S. The van der Waals surface area contributed by atoms with Gasteiger partial charge in [0.25, 0.3) is 0 Å². The van der Waals surface area contributed by atoms with Gasteiger partial charge >= 0.3 is 11.9 Å². The largest absolute Gasteiger partial charge is 0.496 e. The zero-order valence-corrected chi connectivity index (χ0v) is 22.3. The molecule has 2 rings (SSSR count). The van der Waals surface area contributed by atoms with Gasteiger partial charge in [-0.2, -0.15) is 4.98 Å². The maximum Gasteiger partial charge on any atom is 0.307 e. The molecule has 0 unspecified atom stereocenters. The van der Waals surface area contributed by atoms with E-state index in [4.69, 9.17) is 10.5 Å². The van der Waals surface area contributed by atoms with Crippen LogP contribution in [0, 0.1) is 0 Å². The van der Waals surface area contributed by atoms with Crippen LogP contribution in [-0.2, 0) is 38.7 Å². The van der Waals surface area contributed by atoms with E-state index in [0.717, 1.165) is 12.8 Å². The topological polar surface area (TPSA) is 182 Å². The van der Waals surface area contributed by atoms with Crippen molar-refractivity contribution in [1.29, 1.82) is 0 Å². The number of nitrogen functional groups attached to an aromatic ring is 1. The number of unbranched alkanes of at least 4 members (excludes halogenated alkanes) is 1. The van der Waals surface area contributed by atoms with E-state index in [-0.39, 0.29) is 43.4 Å². The van der Waals surface area contributed by atoms with Gasteiger partial charge in [-0.1, -0.05) is 31.9 Å². The van der Waals surface area contributed by atoms with Crippen LogP contribution in [0.15, 0.2) is 18.2 Å². The number of sulfone groups is 1. The molecule has 1 aromatic heterocycles. The van der Waals surface area contributed by atoms with Gasteiger partial charge in [-0.3, -0.25) is 9.59 Å². The van der Waals surface area contributed by atoms with Gasteiger partial charge < -0.3 is 26.0 Å². The molecule has 0 aliphatic rings. The normalized spacial score (nSPS) is 12.2. The monoisotopic (exact) mass is 536 g/mol. The predicted octanol–water partition coefficient (Wildman–Crippen LogP) is 2.71. The zero-order chi connectivity index (χ0) is 27.6. The number of hydrogen-bond acceptors (Lipinski definition) is 9. The van der Waals surface area contributed by atoms with Crippen LogP contribution in [0.2, 0.25) is 0 Å². The summed E-state index contributed by atoms with van der Waals surface area (Å²) in [7, 11) is -1.67. The van der Waals surface area contributed by atoms with Crippen molar-refractivity contribution >= 4 is 33.5 Å². The number of hydrogen-bond donors (Lipinski definition) is 4. The van der Waals surface area contributed by atoms with Crippen molar-refractivity contribution in [3.8, 4) is 5.75 Å². The Kier molecular flexibility index (Phi) is 11.1. The fourth-order valence-electron chi connectivity index (χ4n) is 4.02. The molecule has 37 heavy (non-hydrogen) atoms. The minimum Gasteiger partial charge on any atom is -0.496 e. The van der Waals surface area contributed by atoms with Gasteiger partial charge in [0.2, 0.25) is 5.95 Å². The second-order valence-corrected chi connectivity index (χ2v) is 11.3. The maximum absolute atomic E-state index is 11.8. The van der Waals surface area contributed by atoms with Crippen molar-refractivity contribution in [2.24, 2.45) is 0 Å². The van der Waals surface area contributed by atoms with Crippen LogP contribution in [0.3, 0.4) is 0 Å². The van der Waals surface area contributed by atoms with Crippen LogP contribution in [0.5, 0.6) is 5.75 Å². The van der Waals surface area contributed by atoms with E-state index in [9.17, 15) is 28.2 Å². The molecular weight excluding hydrogens is 500 g/mol. The quantitative estimate of drug-likeness (QED) is 0.247. The number of rotatable bonds is 16. The average Bonchev–Trinajstić information content (AvgIpc) is 2.80. The first kappa shape index (κ1) is 29.8. The van der Waals surface area contributed by atoms with Crippen LogP contribution >= 0.6 is 0 Å². The van der Waals surface area contributed by atoms with Gasteiger partial charge in [-0.25, -0.2) is 13.4 Å². The van der Waals surface area contributed by atoms with Crippen LogP contribution < -0.4 is 15.8 Å². The summed E-state index contributed by atoms with van der Waals surface area (Å²) in [6.07, 6.45) is 4.04. The molecule has 0 saturated carbocycles. The molecule has 0 amide bonds. The fourth-order valence-corrected chi connectivity index (χ4v) is 4.73. The van der Waals surface area contributed by atoms with E-state index in [2.05, 4.69) is 15.3 Å². The number of carbonyl (C=O) groups is 2. The Bertz CT molecular complexity index is 1200. The summed E-state index contributed by atoms with van der Waals surface area (Å²) >= 11 is 0. The molecule has 204 valence electrons. The SMILES string of the molecule is CCCC[C@@H](CCS(C)(=O)=O)Nc1nc(N)nc(CCC(=O)O)c1Cc1cc(CC(=O)O)ccc1OC. The van der Waals surface area contributed by atoms with Crippen molar-refractivity contribution in [1.82, 2.24) is 9.97 Å². The number of carboxylic acids is 2. The minimum absolute atomic E-state index is 0.00120. The Labute approximate surface area is 217 Å². The molecule has 1 atom stereocenters. The Balaban J connectivity index is 2.56. The molecule has 12 heteroatoms. The number of nitrogens with zero attached hydrogens (tertiary/aromatic N) is 2. The lowest BCUT2D eigenvalue weighted by atomic mass is 9.97. The molecule has 1 heterocycles. The van der Waals surface area contributed by atoms with Gasteiger partial charge in [-0.15, -0.1) is 0 Å². The number of aryl methyl sites for hydroxylation is 1. The van der Waals surface area contributed by atoms with E-state index in [1.54, 1.807) is 18.2 Å². The lowest BCUT2D eigenvalue weighted by Crippen LogP contribution is -2.25. The van der Waals surface area contributed by atoms with Crippen molar-refractivity contribution in [3.63, 3.8) is 0 Å². The highest BCUT2D eigenvalue weighted by atomic mass is 32.2. The third kappa shape index (κ3) is 10.2. The molecule has 5 N–H and O–H groups in total.